The Bertz CT molecular complexity index is 7350. The van der Waals surface area contributed by atoms with Gasteiger partial charge >= 0.3 is 27.6 Å². The number of rotatable bonds is 12. The molecule has 0 saturated carbocycles. The molecule has 7 N–H and O–H groups in total. The van der Waals surface area contributed by atoms with Crippen molar-refractivity contribution >= 4 is 156 Å². The van der Waals surface area contributed by atoms with Crippen LogP contribution in [0.1, 0.15) is 77.1 Å². The van der Waals surface area contributed by atoms with Gasteiger partial charge in [0.1, 0.15) is 39.7 Å². The zero-order valence-electron chi connectivity index (χ0n) is 62.3. The summed E-state index contributed by atoms with van der Waals surface area (Å²) in [6.45, 7) is 0.607. The number of carboxylic acids is 2. The minimum absolute atomic E-state index is 0.0240. The second-order valence-corrected chi connectivity index (χ2v) is 37.3. The van der Waals surface area contributed by atoms with E-state index in [0.29, 0.717) is 83.9 Å². The fourth-order valence-corrected chi connectivity index (χ4v) is 21.6. The van der Waals surface area contributed by atoms with Gasteiger partial charge in [0.15, 0.2) is 23.3 Å². The third-order valence-electron chi connectivity index (χ3n) is 21.3. The van der Waals surface area contributed by atoms with E-state index in [2.05, 4.69) is 10.6 Å². The lowest BCUT2D eigenvalue weighted by molar-refractivity contribution is -0.150. The molecule has 0 radical (unpaired) electrons. The number of amidine groups is 4. The molecule has 1 fully saturated rings. The number of aromatic carboxylic acids is 1. The van der Waals surface area contributed by atoms with E-state index in [-0.39, 0.29) is 152 Å². The maximum absolute atomic E-state index is 14.7. The van der Waals surface area contributed by atoms with Crippen LogP contribution in [0.3, 0.4) is 0 Å². The molecular weight excluding hydrogens is 1670 g/mol. The van der Waals surface area contributed by atoms with Crippen molar-refractivity contribution in [2.45, 2.75) is 70.3 Å². The van der Waals surface area contributed by atoms with Crippen LogP contribution in [0.2, 0.25) is 0 Å². The first kappa shape index (κ1) is 76.8. The van der Waals surface area contributed by atoms with Gasteiger partial charge in [-0.25, -0.2) is 69.4 Å². The second-order valence-electron chi connectivity index (χ2n) is 29.3. The number of nitrogens with one attached hydrogen (secondary N) is 2. The lowest BCUT2D eigenvalue weighted by Gasteiger charge is -2.49. The molecule has 121 heavy (non-hydrogen) atoms. The highest BCUT2D eigenvalue weighted by atomic mass is 32.2. The number of thioether (sulfide) groups is 2. The van der Waals surface area contributed by atoms with Gasteiger partial charge in [0.25, 0.3) is 42.2 Å². The molecule has 20 bridgehead atoms. The number of nitrogens with zero attached hydrogens (tertiary/aromatic N) is 17. The number of aliphatic carboxylic acids is 1. The summed E-state index contributed by atoms with van der Waals surface area (Å²) in [7, 11) is -14.5. The fourth-order valence-electron chi connectivity index (χ4n) is 15.9. The molecule has 0 spiro atoms. The van der Waals surface area contributed by atoms with Gasteiger partial charge in [-0.15, -0.1) is 23.5 Å². The molecule has 3 amide bonds. The van der Waals surface area contributed by atoms with Crippen molar-refractivity contribution < 1.29 is 73.1 Å². The molecule has 9 aliphatic rings. The standard InChI is InChI=1S/C80H57N19O16S5.Al.H/c100-65(29-81-76(101)38-21-45-34-97-30-41-5-1-9-59(82-41)61-11-3-7-43(84-61)32-98(35-46-22-39(79(103)104)24-64(87-46)63(23-38)86-45)33-44-8-4-12-62(85-44)60-10-2-6-42(31-97)83-60)88-66-77(102)99-67(80(105)106)40(37-117-78(66)99)36-116-47-13-17-51-55(25-47)72-89-68(51)91-73-57-27-49(119(110,111)112)15-19-53(57)70(93-73)95-75-58-28-50(120(113,114)115)16-20-54(58)71(96-75)94-74-56-26-48(118(107,108)109)14-18-52(56)69(90-72)92-74;;/h1-28,66,78H,29-37H2,(H9,81,82,83,84,85,86,87,88,89,90,91,92,93,94,95,96,100,101,103,104,105,106,107,108,109,110,111,112,113,114,115);;/q;+2;/p-2. The van der Waals surface area contributed by atoms with Crippen molar-refractivity contribution in [1.29, 1.82) is 0 Å². The number of aromatic nitrogens is 8. The summed E-state index contributed by atoms with van der Waals surface area (Å²) in [4.78, 5) is 134. The number of hydrogen-bond acceptors (Lipinski definition) is 27. The first-order valence-corrected chi connectivity index (χ1v) is 44.7. The van der Waals surface area contributed by atoms with Crippen LogP contribution < -0.4 is 21.6 Å². The van der Waals surface area contributed by atoms with Crippen molar-refractivity contribution in [3.05, 3.63) is 260 Å². The molecule has 600 valence electrons. The van der Waals surface area contributed by atoms with Gasteiger partial charge in [-0.05, 0) is 151 Å². The number of carbonyl (C=O) groups is 5. The maximum Gasteiger partial charge on any atom is 0.563 e. The zero-order chi connectivity index (χ0) is 83.4. The molecule has 2 atom stereocenters. The first-order chi connectivity index (χ1) is 58.1. The van der Waals surface area contributed by atoms with E-state index < -0.39 is 108 Å². The minimum atomic E-state index is -4.87. The van der Waals surface area contributed by atoms with Crippen molar-refractivity contribution in [2.24, 2.45) is 30.0 Å². The number of carbonyl (C=O) groups excluding carboxylic acids is 3. The third-order valence-corrected chi connectivity index (χ3v) is 28.1. The number of carboxylic acid groups (broad SMARTS) is 2. The van der Waals surface area contributed by atoms with Gasteiger partial charge in [0.05, 0.1) is 95.1 Å². The Balaban J connectivity index is 0.589. The number of hydrogen-bond donors (Lipinski definition) is 7. The molecule has 1 saturated heterocycles. The Morgan fingerprint density at radius 2 is 0.926 bits per heavy atom. The first-order valence-electron chi connectivity index (χ1n) is 37.1. The van der Waals surface area contributed by atoms with Crippen LogP contribution in [0, 0.1) is 0 Å². The number of aliphatic imine (C=N–C) groups is 4. The van der Waals surface area contributed by atoms with Crippen molar-refractivity contribution in [2.75, 3.05) is 18.1 Å². The molecule has 8 aromatic heterocycles. The third kappa shape index (κ3) is 14.3. The van der Waals surface area contributed by atoms with Gasteiger partial charge in [-0.2, -0.15) is 25.3 Å². The number of benzene rings is 4. The molecule has 35 nitrogen and oxygen atoms in total. The summed E-state index contributed by atoms with van der Waals surface area (Å²) in [6.07, 6.45) is 0. The lowest BCUT2D eigenvalue weighted by atomic mass is 10.0. The molecule has 21 rings (SSSR count). The minimum Gasteiger partial charge on any atom is -0.478 e. The quantitative estimate of drug-likeness (QED) is 0.0305. The predicted octanol–water partition coefficient (Wildman–Crippen LogP) is 6.30. The summed E-state index contributed by atoms with van der Waals surface area (Å²) in [6, 6.07) is 43.9. The van der Waals surface area contributed by atoms with Gasteiger partial charge in [-0.1, -0.05) is 24.3 Å². The Hall–Kier alpha value is -12.9. The van der Waals surface area contributed by atoms with E-state index in [1.165, 1.54) is 78.1 Å². The molecular formula is C80H56AlN19O16S5. The van der Waals surface area contributed by atoms with Crippen molar-refractivity contribution in [1.82, 2.24) is 62.3 Å². The summed E-state index contributed by atoms with van der Waals surface area (Å²) in [5.41, 5.74) is 7.71. The van der Waals surface area contributed by atoms with E-state index in [4.69, 9.17) is 59.9 Å². The predicted molar refractivity (Wildman–Crippen MR) is 440 cm³/mol. The van der Waals surface area contributed by atoms with Gasteiger partial charge in [0.2, 0.25) is 5.91 Å². The Kier molecular flexibility index (Phi) is 18.5. The molecule has 17 heterocycles. The van der Waals surface area contributed by atoms with Crippen LogP contribution in [0.4, 0.5) is 11.6 Å². The van der Waals surface area contributed by atoms with Crippen molar-refractivity contribution in [3.63, 3.8) is 0 Å². The number of fused-ring (bicyclic) bond motifs is 15. The molecule has 9 aliphatic heterocycles. The number of amides is 3. The summed E-state index contributed by atoms with van der Waals surface area (Å²) >= 11 is 0.153. The highest BCUT2D eigenvalue weighted by Crippen LogP contribution is 2.45. The molecule has 41 heteroatoms. The summed E-state index contributed by atoms with van der Waals surface area (Å²) in [5.74, 6) is -4.53. The van der Waals surface area contributed by atoms with Gasteiger partial charge < -0.3 is 27.9 Å². The average Bonchev–Trinajstić information content (AvgIpc) is 1.60. The van der Waals surface area contributed by atoms with Crippen LogP contribution >= 0.6 is 23.5 Å². The monoisotopic (exact) mass is 1730 g/mol. The van der Waals surface area contributed by atoms with E-state index in [0.717, 1.165) is 23.1 Å². The van der Waals surface area contributed by atoms with Crippen LogP contribution in [0.5, 0.6) is 0 Å². The summed E-state index contributed by atoms with van der Waals surface area (Å²) < 4.78 is 111. The Labute approximate surface area is 698 Å². The Morgan fingerprint density at radius 3 is 1.49 bits per heavy atom. The highest BCUT2D eigenvalue weighted by molar-refractivity contribution is 8.01. The largest absolute Gasteiger partial charge is 0.563 e. The van der Waals surface area contributed by atoms with Crippen LogP contribution in [-0.2, 0) is 84.0 Å². The van der Waals surface area contributed by atoms with E-state index >= 15 is 0 Å². The fraction of sp³-hybridized carbons (Fsp3) is 0.138. The van der Waals surface area contributed by atoms with Crippen LogP contribution in [0.15, 0.2) is 231 Å². The number of β-lactam (4-membered cyclic amide) rings is 1. The van der Waals surface area contributed by atoms with E-state index in [1.807, 2.05) is 82.6 Å². The topological polar surface area (TPSA) is 484 Å². The van der Waals surface area contributed by atoms with E-state index in [1.54, 1.807) is 31.4 Å². The molecule has 12 aromatic rings. The average molecular weight is 1730 g/mol. The van der Waals surface area contributed by atoms with Crippen molar-refractivity contribution in [3.8, 4) is 34.2 Å². The summed E-state index contributed by atoms with van der Waals surface area (Å²) in [5, 5.41) is 26.9. The molecule has 0 aliphatic carbocycles. The highest BCUT2D eigenvalue weighted by Gasteiger charge is 2.54. The normalized spacial score (nSPS) is 18.0. The van der Waals surface area contributed by atoms with Crippen LogP contribution in [-0.4, -0.2) is 199 Å². The van der Waals surface area contributed by atoms with Gasteiger partial charge in [0, 0.05) is 105 Å². The molecule has 2 unspecified atom stereocenters. The Morgan fingerprint density at radius 1 is 0.463 bits per heavy atom. The van der Waals surface area contributed by atoms with E-state index in [9.17, 15) is 73.1 Å². The smallest absolute Gasteiger partial charge is 0.478 e. The lowest BCUT2D eigenvalue weighted by Crippen LogP contribution is -2.71. The SMILES string of the molecule is O=C(CNC(=O)c1cc2nc(c1)-c1cc(C(=O)O)cc(n1)CN1Cc3cccc(n3)-c3cccc(n3)CN(Cc3cccc(n3)-c3cccc(n3)C1)C2)NC1C(=O)N2C(C(=O)O)=C(CSc3ccc4c(c3)C3=NC4=Nc4c5cc(S(=O)(=O)O)ccc5c5[n]4[AlH][n]4c(c6ccc(S(=O)(=O)O)cc6c4=NC4=NC(=N5)c5cc(S(=O)(=O)O)ccc54)=N3)CSC12. The zero-order valence-corrected chi connectivity index (χ0v) is 67.8. The second kappa shape index (κ2) is 29.2. The van der Waals surface area contributed by atoms with Gasteiger partial charge in [-0.3, -0.25) is 42.7 Å². The van der Waals surface area contributed by atoms with Crippen LogP contribution in [0.25, 0.3) is 55.7 Å². The maximum atomic E-state index is 14.7. The number of pyridine rings is 6. The molecule has 4 aromatic carbocycles.